The quantitative estimate of drug-likeness (QED) is 0.877. The maximum absolute atomic E-state index is 11.9. The fourth-order valence-corrected chi connectivity index (χ4v) is 2.31. The topological polar surface area (TPSA) is 69.6 Å². The lowest BCUT2D eigenvalue weighted by Crippen LogP contribution is -2.42. The molecule has 0 bridgehead atoms. The van der Waals surface area contributed by atoms with Crippen molar-refractivity contribution in [2.75, 3.05) is 19.6 Å². The Labute approximate surface area is 118 Å². The highest BCUT2D eigenvalue weighted by molar-refractivity contribution is 5.96. The molecule has 1 aromatic carbocycles. The summed E-state index contributed by atoms with van der Waals surface area (Å²) >= 11 is 0. The van der Waals surface area contributed by atoms with Crippen LogP contribution in [-0.4, -0.2) is 41.5 Å². The van der Waals surface area contributed by atoms with Gasteiger partial charge in [-0.1, -0.05) is 0 Å². The van der Waals surface area contributed by atoms with E-state index in [9.17, 15) is 14.7 Å². The van der Waals surface area contributed by atoms with Crippen molar-refractivity contribution in [1.29, 1.82) is 0 Å². The first-order valence-electron chi connectivity index (χ1n) is 6.93. The second-order valence-electron chi connectivity index (χ2n) is 5.13. The SMILES string of the molecule is Cc1cc(C(=O)NCC(=O)N2CCCCC2)ccc1O. The van der Waals surface area contributed by atoms with Crippen LogP contribution in [0.4, 0.5) is 0 Å². The molecule has 0 aromatic heterocycles. The van der Waals surface area contributed by atoms with Crippen LogP contribution in [0.1, 0.15) is 35.2 Å². The Balaban J connectivity index is 1.88. The van der Waals surface area contributed by atoms with Crippen molar-refractivity contribution in [1.82, 2.24) is 10.2 Å². The van der Waals surface area contributed by atoms with Gasteiger partial charge in [0.15, 0.2) is 0 Å². The van der Waals surface area contributed by atoms with Gasteiger partial charge in [0.25, 0.3) is 5.91 Å². The third kappa shape index (κ3) is 3.50. The Morgan fingerprint density at radius 2 is 1.95 bits per heavy atom. The normalized spacial score (nSPS) is 14.9. The van der Waals surface area contributed by atoms with Crippen LogP contribution in [0.15, 0.2) is 18.2 Å². The van der Waals surface area contributed by atoms with Gasteiger partial charge in [0.1, 0.15) is 5.75 Å². The molecule has 1 saturated heterocycles. The molecule has 1 fully saturated rings. The predicted molar refractivity (Wildman–Crippen MR) is 75.6 cm³/mol. The number of carbonyl (C=O) groups is 2. The zero-order valence-corrected chi connectivity index (χ0v) is 11.7. The number of hydrogen-bond donors (Lipinski definition) is 2. The van der Waals surface area contributed by atoms with E-state index in [4.69, 9.17) is 0 Å². The molecule has 108 valence electrons. The first kappa shape index (κ1) is 14.4. The molecular formula is C15H20N2O3. The van der Waals surface area contributed by atoms with Gasteiger partial charge in [0.2, 0.25) is 5.91 Å². The first-order valence-corrected chi connectivity index (χ1v) is 6.93. The van der Waals surface area contributed by atoms with Crippen LogP contribution in [0.3, 0.4) is 0 Å². The predicted octanol–water partition coefficient (Wildman–Crippen LogP) is 1.44. The Kier molecular flexibility index (Phi) is 4.61. The zero-order valence-electron chi connectivity index (χ0n) is 11.7. The van der Waals surface area contributed by atoms with E-state index in [0.717, 1.165) is 25.9 Å². The molecule has 5 heteroatoms. The number of benzene rings is 1. The van der Waals surface area contributed by atoms with E-state index in [1.165, 1.54) is 12.5 Å². The van der Waals surface area contributed by atoms with Gasteiger partial charge in [-0.05, 0) is 49.9 Å². The molecule has 0 radical (unpaired) electrons. The van der Waals surface area contributed by atoms with E-state index in [1.54, 1.807) is 24.0 Å². The van der Waals surface area contributed by atoms with Crippen molar-refractivity contribution in [3.8, 4) is 5.75 Å². The van der Waals surface area contributed by atoms with Gasteiger partial charge in [0.05, 0.1) is 6.54 Å². The summed E-state index contributed by atoms with van der Waals surface area (Å²) in [4.78, 5) is 25.7. The van der Waals surface area contributed by atoms with E-state index in [-0.39, 0.29) is 24.1 Å². The number of phenolic OH excluding ortho intramolecular Hbond substituents is 1. The Hall–Kier alpha value is -2.04. The average Bonchev–Trinajstić information content (AvgIpc) is 2.48. The molecule has 1 aromatic rings. The van der Waals surface area contributed by atoms with Crippen LogP contribution in [0.25, 0.3) is 0 Å². The van der Waals surface area contributed by atoms with Crippen LogP contribution >= 0.6 is 0 Å². The lowest BCUT2D eigenvalue weighted by Gasteiger charge is -2.26. The zero-order chi connectivity index (χ0) is 14.5. The summed E-state index contributed by atoms with van der Waals surface area (Å²) in [7, 11) is 0. The fraction of sp³-hybridized carbons (Fsp3) is 0.467. The lowest BCUT2D eigenvalue weighted by molar-refractivity contribution is -0.130. The number of phenols is 1. The molecule has 2 N–H and O–H groups in total. The second kappa shape index (κ2) is 6.41. The highest BCUT2D eigenvalue weighted by atomic mass is 16.3. The molecule has 2 amide bonds. The number of nitrogens with zero attached hydrogens (tertiary/aromatic N) is 1. The summed E-state index contributed by atoms with van der Waals surface area (Å²) in [6.07, 6.45) is 3.25. The fourth-order valence-electron chi connectivity index (χ4n) is 2.31. The van der Waals surface area contributed by atoms with Crippen LogP contribution in [0.2, 0.25) is 0 Å². The van der Waals surface area contributed by atoms with Gasteiger partial charge in [0, 0.05) is 18.7 Å². The first-order chi connectivity index (χ1) is 9.58. The molecule has 20 heavy (non-hydrogen) atoms. The van der Waals surface area contributed by atoms with E-state index in [0.29, 0.717) is 11.1 Å². The number of piperidine rings is 1. The third-order valence-electron chi connectivity index (χ3n) is 3.57. The van der Waals surface area contributed by atoms with Crippen LogP contribution in [-0.2, 0) is 4.79 Å². The molecule has 0 spiro atoms. The maximum Gasteiger partial charge on any atom is 0.251 e. The number of nitrogens with one attached hydrogen (secondary N) is 1. The van der Waals surface area contributed by atoms with Crippen LogP contribution in [0, 0.1) is 6.92 Å². The van der Waals surface area contributed by atoms with E-state index in [1.807, 2.05) is 0 Å². The highest BCUT2D eigenvalue weighted by Gasteiger charge is 2.17. The number of rotatable bonds is 3. The Bertz CT molecular complexity index is 508. The van der Waals surface area contributed by atoms with Gasteiger partial charge in [-0.15, -0.1) is 0 Å². The van der Waals surface area contributed by atoms with Crippen molar-refractivity contribution in [3.63, 3.8) is 0 Å². The number of aromatic hydroxyl groups is 1. The molecule has 5 nitrogen and oxygen atoms in total. The number of aryl methyl sites for hydroxylation is 1. The summed E-state index contributed by atoms with van der Waals surface area (Å²) in [5.74, 6) is -0.169. The number of hydrogen-bond acceptors (Lipinski definition) is 3. The Morgan fingerprint density at radius 3 is 2.60 bits per heavy atom. The standard InChI is InChI=1S/C15H20N2O3/c1-11-9-12(5-6-13(11)18)15(20)16-10-14(19)17-7-3-2-4-8-17/h5-6,9,18H,2-4,7-8,10H2,1H3,(H,16,20). The van der Waals surface area contributed by atoms with Crippen LogP contribution in [0.5, 0.6) is 5.75 Å². The molecule has 0 aliphatic carbocycles. The van der Waals surface area contributed by atoms with Crippen molar-refractivity contribution < 1.29 is 14.7 Å². The number of carbonyl (C=O) groups excluding carboxylic acids is 2. The average molecular weight is 276 g/mol. The minimum absolute atomic E-state index is 0.0265. The molecule has 1 aliphatic heterocycles. The highest BCUT2D eigenvalue weighted by Crippen LogP contribution is 2.16. The minimum Gasteiger partial charge on any atom is -0.508 e. The monoisotopic (exact) mass is 276 g/mol. The van der Waals surface area contributed by atoms with Gasteiger partial charge in [-0.3, -0.25) is 9.59 Å². The minimum atomic E-state index is -0.293. The molecule has 1 aliphatic rings. The lowest BCUT2D eigenvalue weighted by atomic mass is 10.1. The van der Waals surface area contributed by atoms with Crippen molar-refractivity contribution in [3.05, 3.63) is 29.3 Å². The van der Waals surface area contributed by atoms with E-state index in [2.05, 4.69) is 5.32 Å². The Morgan fingerprint density at radius 1 is 1.25 bits per heavy atom. The van der Waals surface area contributed by atoms with Crippen molar-refractivity contribution >= 4 is 11.8 Å². The summed E-state index contributed by atoms with van der Waals surface area (Å²) < 4.78 is 0. The number of amides is 2. The van der Waals surface area contributed by atoms with Gasteiger partial charge < -0.3 is 15.3 Å². The van der Waals surface area contributed by atoms with Crippen molar-refractivity contribution in [2.24, 2.45) is 0 Å². The van der Waals surface area contributed by atoms with Crippen molar-refractivity contribution in [2.45, 2.75) is 26.2 Å². The molecule has 0 saturated carbocycles. The number of likely N-dealkylation sites (tertiary alicyclic amines) is 1. The second-order valence-corrected chi connectivity index (χ2v) is 5.13. The smallest absolute Gasteiger partial charge is 0.251 e. The van der Waals surface area contributed by atoms with Crippen LogP contribution < -0.4 is 5.32 Å². The molecule has 1 heterocycles. The summed E-state index contributed by atoms with van der Waals surface area (Å²) in [6.45, 7) is 3.32. The third-order valence-corrected chi connectivity index (χ3v) is 3.57. The molecular weight excluding hydrogens is 256 g/mol. The maximum atomic E-state index is 11.9. The van der Waals surface area contributed by atoms with Gasteiger partial charge in [-0.25, -0.2) is 0 Å². The van der Waals surface area contributed by atoms with Gasteiger partial charge >= 0.3 is 0 Å². The van der Waals surface area contributed by atoms with E-state index >= 15 is 0 Å². The summed E-state index contributed by atoms with van der Waals surface area (Å²) in [5, 5.41) is 12.1. The van der Waals surface area contributed by atoms with Gasteiger partial charge in [-0.2, -0.15) is 0 Å². The summed E-state index contributed by atoms with van der Waals surface area (Å²) in [5.41, 5.74) is 1.09. The molecule has 0 unspecified atom stereocenters. The molecule has 2 rings (SSSR count). The van der Waals surface area contributed by atoms with E-state index < -0.39 is 0 Å². The summed E-state index contributed by atoms with van der Waals surface area (Å²) in [6, 6.07) is 4.63. The molecule has 0 atom stereocenters. The largest absolute Gasteiger partial charge is 0.508 e.